The van der Waals surface area contributed by atoms with E-state index >= 15 is 0 Å². The standard InChI is InChI=1S/C16H24N2O3.ClH/c1-21-15-5-3-2-4-11(15)8-9-18-16(20)12-6-7-14(19)13(17)10-12;/h2-5,12-14,19H,6-10,17H2,1H3,(H,18,20);1H/t12-,13+,14+;/m0./s1. The fourth-order valence-corrected chi connectivity index (χ4v) is 2.80. The van der Waals surface area contributed by atoms with Crippen molar-refractivity contribution in [1.29, 1.82) is 0 Å². The third-order valence-corrected chi connectivity index (χ3v) is 4.12. The van der Waals surface area contributed by atoms with E-state index in [1.807, 2.05) is 24.3 Å². The number of methoxy groups -OCH3 is 1. The number of para-hydroxylation sites is 1. The number of nitrogens with one attached hydrogen (secondary N) is 1. The first-order chi connectivity index (χ1) is 10.1. The number of carbonyl (C=O) groups excluding carboxylic acids is 1. The van der Waals surface area contributed by atoms with Crippen LogP contribution in [0.5, 0.6) is 5.75 Å². The molecule has 0 aromatic heterocycles. The van der Waals surface area contributed by atoms with E-state index in [0.717, 1.165) is 17.7 Å². The molecule has 4 N–H and O–H groups in total. The van der Waals surface area contributed by atoms with Gasteiger partial charge in [0.05, 0.1) is 13.2 Å². The lowest BCUT2D eigenvalue weighted by molar-refractivity contribution is -0.126. The van der Waals surface area contributed by atoms with Crippen LogP contribution in [0.15, 0.2) is 24.3 Å². The molecule has 1 aliphatic rings. The fraction of sp³-hybridized carbons (Fsp3) is 0.562. The largest absolute Gasteiger partial charge is 0.496 e. The molecule has 3 atom stereocenters. The molecule has 0 radical (unpaired) electrons. The first-order valence-corrected chi connectivity index (χ1v) is 7.45. The van der Waals surface area contributed by atoms with Crippen LogP contribution < -0.4 is 15.8 Å². The summed E-state index contributed by atoms with van der Waals surface area (Å²) in [5.74, 6) is 0.794. The van der Waals surface area contributed by atoms with Crippen LogP contribution in [0, 0.1) is 5.92 Å². The summed E-state index contributed by atoms with van der Waals surface area (Å²) in [7, 11) is 1.64. The second-order valence-electron chi connectivity index (χ2n) is 5.59. The predicted molar refractivity (Wildman–Crippen MR) is 88.3 cm³/mol. The van der Waals surface area contributed by atoms with Gasteiger partial charge in [-0.1, -0.05) is 18.2 Å². The van der Waals surface area contributed by atoms with Crippen LogP contribution in [-0.4, -0.2) is 36.8 Å². The van der Waals surface area contributed by atoms with Crippen molar-refractivity contribution in [2.75, 3.05) is 13.7 Å². The summed E-state index contributed by atoms with van der Waals surface area (Å²) in [5, 5.41) is 12.5. The van der Waals surface area contributed by atoms with Gasteiger partial charge in [-0.2, -0.15) is 0 Å². The van der Waals surface area contributed by atoms with Crippen LogP contribution in [0.2, 0.25) is 0 Å². The fourth-order valence-electron chi connectivity index (χ4n) is 2.80. The molecule has 1 aliphatic carbocycles. The van der Waals surface area contributed by atoms with Crippen LogP contribution in [0.25, 0.3) is 0 Å². The number of aliphatic hydroxyl groups is 1. The number of nitrogens with two attached hydrogens (primary N) is 1. The van der Waals surface area contributed by atoms with E-state index in [9.17, 15) is 9.90 Å². The smallest absolute Gasteiger partial charge is 0.223 e. The first-order valence-electron chi connectivity index (χ1n) is 7.45. The first kappa shape index (κ1) is 18.7. The van der Waals surface area contributed by atoms with Crippen LogP contribution in [0.4, 0.5) is 0 Å². The van der Waals surface area contributed by atoms with E-state index in [1.165, 1.54) is 0 Å². The maximum absolute atomic E-state index is 12.1. The predicted octanol–water partition coefficient (Wildman–Crippen LogP) is 1.26. The Bertz CT molecular complexity index is 484. The summed E-state index contributed by atoms with van der Waals surface area (Å²) in [4.78, 5) is 12.1. The lowest BCUT2D eigenvalue weighted by Crippen LogP contribution is -2.45. The molecule has 6 heteroatoms. The molecular weight excluding hydrogens is 304 g/mol. The molecule has 1 fully saturated rings. The van der Waals surface area contributed by atoms with Crippen molar-refractivity contribution in [3.05, 3.63) is 29.8 Å². The van der Waals surface area contributed by atoms with Crippen molar-refractivity contribution in [3.63, 3.8) is 0 Å². The Morgan fingerprint density at radius 2 is 2.14 bits per heavy atom. The van der Waals surface area contributed by atoms with E-state index in [-0.39, 0.29) is 30.3 Å². The Morgan fingerprint density at radius 1 is 1.41 bits per heavy atom. The van der Waals surface area contributed by atoms with Gasteiger partial charge in [0.25, 0.3) is 0 Å². The molecular formula is C16H25ClN2O3. The maximum atomic E-state index is 12.1. The van der Waals surface area contributed by atoms with Crippen LogP contribution >= 0.6 is 12.4 Å². The SMILES string of the molecule is COc1ccccc1CCNC(=O)[C@H]1CC[C@@H](O)[C@H](N)C1.Cl. The number of ether oxygens (including phenoxy) is 1. The Labute approximate surface area is 137 Å². The highest BCUT2D eigenvalue weighted by atomic mass is 35.5. The lowest BCUT2D eigenvalue weighted by atomic mass is 9.83. The molecule has 5 nitrogen and oxygen atoms in total. The molecule has 124 valence electrons. The van der Waals surface area contributed by atoms with Gasteiger partial charge < -0.3 is 20.9 Å². The normalized spacial score (nSPS) is 24.2. The van der Waals surface area contributed by atoms with Crippen molar-refractivity contribution >= 4 is 18.3 Å². The van der Waals surface area contributed by atoms with Gasteiger partial charge in [-0.25, -0.2) is 0 Å². The molecule has 0 spiro atoms. The van der Waals surface area contributed by atoms with Crippen molar-refractivity contribution < 1.29 is 14.6 Å². The summed E-state index contributed by atoms with van der Waals surface area (Å²) in [6.07, 6.45) is 2.13. The van der Waals surface area contributed by atoms with Crippen molar-refractivity contribution in [2.45, 2.75) is 37.8 Å². The van der Waals surface area contributed by atoms with Crippen molar-refractivity contribution in [3.8, 4) is 5.75 Å². The zero-order valence-corrected chi connectivity index (χ0v) is 13.6. The van der Waals surface area contributed by atoms with Crippen molar-refractivity contribution in [1.82, 2.24) is 5.32 Å². The average molecular weight is 329 g/mol. The Kier molecular flexibility index (Phi) is 7.65. The molecule has 1 aromatic rings. The summed E-state index contributed by atoms with van der Waals surface area (Å²) in [6, 6.07) is 7.51. The van der Waals surface area contributed by atoms with Gasteiger partial charge in [-0.3, -0.25) is 4.79 Å². The second kappa shape index (κ2) is 8.98. The van der Waals surface area contributed by atoms with E-state index in [4.69, 9.17) is 10.5 Å². The third kappa shape index (κ3) is 4.87. The van der Waals surface area contributed by atoms with Crippen LogP contribution in [-0.2, 0) is 11.2 Å². The van der Waals surface area contributed by atoms with Gasteiger partial charge in [-0.05, 0) is 37.3 Å². The van der Waals surface area contributed by atoms with Gasteiger partial charge >= 0.3 is 0 Å². The minimum atomic E-state index is -0.470. The lowest BCUT2D eigenvalue weighted by Gasteiger charge is -2.30. The highest BCUT2D eigenvalue weighted by Crippen LogP contribution is 2.23. The molecule has 22 heavy (non-hydrogen) atoms. The summed E-state index contributed by atoms with van der Waals surface area (Å²) >= 11 is 0. The molecule has 1 aromatic carbocycles. The Morgan fingerprint density at radius 3 is 2.82 bits per heavy atom. The minimum absolute atomic E-state index is 0. The van der Waals surface area contributed by atoms with E-state index in [1.54, 1.807) is 7.11 Å². The number of rotatable bonds is 5. The van der Waals surface area contributed by atoms with Gasteiger partial charge in [-0.15, -0.1) is 12.4 Å². The highest BCUT2D eigenvalue weighted by molar-refractivity contribution is 5.85. The zero-order chi connectivity index (χ0) is 15.2. The number of hydrogen-bond donors (Lipinski definition) is 3. The molecule has 0 unspecified atom stereocenters. The Balaban J connectivity index is 0.00000242. The zero-order valence-electron chi connectivity index (χ0n) is 12.8. The van der Waals surface area contributed by atoms with Crippen LogP contribution in [0.1, 0.15) is 24.8 Å². The number of benzene rings is 1. The molecule has 0 heterocycles. The second-order valence-corrected chi connectivity index (χ2v) is 5.59. The highest BCUT2D eigenvalue weighted by Gasteiger charge is 2.30. The van der Waals surface area contributed by atoms with Gasteiger partial charge in [0.1, 0.15) is 5.75 Å². The third-order valence-electron chi connectivity index (χ3n) is 4.12. The number of carbonyl (C=O) groups is 1. The number of hydrogen-bond acceptors (Lipinski definition) is 4. The molecule has 0 bridgehead atoms. The average Bonchev–Trinajstić information content (AvgIpc) is 2.50. The molecule has 0 saturated heterocycles. The summed E-state index contributed by atoms with van der Waals surface area (Å²) < 4.78 is 5.29. The number of halogens is 1. The summed E-state index contributed by atoms with van der Waals surface area (Å²) in [5.41, 5.74) is 6.90. The number of amides is 1. The van der Waals surface area contributed by atoms with E-state index < -0.39 is 6.10 Å². The van der Waals surface area contributed by atoms with Gasteiger partial charge in [0.2, 0.25) is 5.91 Å². The molecule has 2 rings (SSSR count). The van der Waals surface area contributed by atoms with Gasteiger partial charge in [0, 0.05) is 18.5 Å². The molecule has 0 aliphatic heterocycles. The van der Waals surface area contributed by atoms with E-state index in [0.29, 0.717) is 25.8 Å². The number of aliphatic hydroxyl groups excluding tert-OH is 1. The van der Waals surface area contributed by atoms with E-state index in [2.05, 4.69) is 5.32 Å². The van der Waals surface area contributed by atoms with Crippen molar-refractivity contribution in [2.24, 2.45) is 11.7 Å². The molecule has 1 amide bonds. The monoisotopic (exact) mass is 328 g/mol. The molecule has 1 saturated carbocycles. The maximum Gasteiger partial charge on any atom is 0.223 e. The van der Waals surface area contributed by atoms with Crippen LogP contribution in [0.3, 0.4) is 0 Å². The minimum Gasteiger partial charge on any atom is -0.496 e. The summed E-state index contributed by atoms with van der Waals surface area (Å²) in [6.45, 7) is 0.577. The Hall–Kier alpha value is -1.30. The topological polar surface area (TPSA) is 84.6 Å². The van der Waals surface area contributed by atoms with Gasteiger partial charge in [0.15, 0.2) is 0 Å². The quantitative estimate of drug-likeness (QED) is 0.760.